The fourth-order valence-electron chi connectivity index (χ4n) is 2.20. The molecule has 0 saturated carbocycles. The van der Waals surface area contributed by atoms with Crippen LogP contribution in [0.4, 0.5) is 0 Å². The van der Waals surface area contributed by atoms with Crippen molar-refractivity contribution < 1.29 is 9.90 Å². The number of amides is 1. The Morgan fingerprint density at radius 3 is 2.48 bits per heavy atom. The van der Waals surface area contributed by atoms with E-state index in [1.807, 2.05) is 48.5 Å². The summed E-state index contributed by atoms with van der Waals surface area (Å²) in [5, 5.41) is 12.0. The highest BCUT2D eigenvalue weighted by Crippen LogP contribution is 2.09. The number of hydrogen-bond donors (Lipinski definition) is 3. The largest absolute Gasteiger partial charge is 0.392 e. The van der Waals surface area contributed by atoms with Gasteiger partial charge in [-0.2, -0.15) is 0 Å². The second kappa shape index (κ2) is 7.57. The molecule has 0 atom stereocenters. The number of carbonyl (C=O) groups is 1. The van der Waals surface area contributed by atoms with Gasteiger partial charge in [-0.05, 0) is 22.3 Å². The van der Waals surface area contributed by atoms with Crippen molar-refractivity contribution in [3.05, 3.63) is 70.8 Å². The van der Waals surface area contributed by atoms with Gasteiger partial charge in [0.25, 0.3) is 0 Å². The maximum Gasteiger partial charge on any atom is 0.224 e. The van der Waals surface area contributed by atoms with Crippen molar-refractivity contribution in [2.75, 3.05) is 0 Å². The Morgan fingerprint density at radius 2 is 1.76 bits per heavy atom. The molecule has 2 aromatic carbocycles. The fraction of sp³-hybridized carbons (Fsp3) is 0.235. The van der Waals surface area contributed by atoms with Crippen molar-refractivity contribution in [1.29, 1.82) is 0 Å². The molecular weight excluding hydrogens is 264 g/mol. The van der Waals surface area contributed by atoms with Crippen LogP contribution in [0.1, 0.15) is 22.3 Å². The number of carbonyl (C=O) groups excluding carboxylic acids is 1. The third-order valence-electron chi connectivity index (χ3n) is 3.35. The van der Waals surface area contributed by atoms with Gasteiger partial charge < -0.3 is 16.2 Å². The Labute approximate surface area is 124 Å². The molecule has 4 N–H and O–H groups in total. The van der Waals surface area contributed by atoms with E-state index in [1.165, 1.54) is 0 Å². The number of aliphatic hydroxyl groups excluding tert-OH is 1. The lowest BCUT2D eigenvalue weighted by molar-refractivity contribution is -0.120. The molecule has 4 nitrogen and oxygen atoms in total. The summed E-state index contributed by atoms with van der Waals surface area (Å²) >= 11 is 0. The molecule has 0 radical (unpaired) electrons. The topological polar surface area (TPSA) is 75.4 Å². The van der Waals surface area contributed by atoms with Crippen molar-refractivity contribution in [3.63, 3.8) is 0 Å². The van der Waals surface area contributed by atoms with Gasteiger partial charge in [-0.1, -0.05) is 48.5 Å². The molecule has 0 aliphatic heterocycles. The molecule has 0 fully saturated rings. The third kappa shape index (κ3) is 4.41. The lowest BCUT2D eigenvalue weighted by Gasteiger charge is -2.09. The maximum absolute atomic E-state index is 12.0. The van der Waals surface area contributed by atoms with Gasteiger partial charge in [-0.25, -0.2) is 0 Å². The van der Waals surface area contributed by atoms with Crippen LogP contribution in [-0.2, 0) is 30.9 Å². The number of rotatable bonds is 6. The predicted octanol–water partition coefficient (Wildman–Crippen LogP) is 1.50. The summed E-state index contributed by atoms with van der Waals surface area (Å²) in [4.78, 5) is 12.0. The van der Waals surface area contributed by atoms with E-state index >= 15 is 0 Å². The normalized spacial score (nSPS) is 10.4. The van der Waals surface area contributed by atoms with Crippen molar-refractivity contribution in [2.45, 2.75) is 26.1 Å². The SMILES string of the molecule is NCc1ccccc1CC(=O)NCc1cccc(CO)c1. The molecule has 0 aliphatic carbocycles. The molecule has 0 unspecified atom stereocenters. The second-order valence-electron chi connectivity index (χ2n) is 4.90. The lowest BCUT2D eigenvalue weighted by atomic mass is 10.0. The van der Waals surface area contributed by atoms with Gasteiger partial charge in [0.2, 0.25) is 5.91 Å². The molecule has 1 amide bonds. The molecule has 110 valence electrons. The van der Waals surface area contributed by atoms with Crippen molar-refractivity contribution in [3.8, 4) is 0 Å². The first-order chi connectivity index (χ1) is 10.2. The van der Waals surface area contributed by atoms with E-state index in [4.69, 9.17) is 10.8 Å². The van der Waals surface area contributed by atoms with Crippen LogP contribution in [0.3, 0.4) is 0 Å². The summed E-state index contributed by atoms with van der Waals surface area (Å²) in [6.45, 7) is 0.894. The minimum atomic E-state index is -0.0368. The standard InChI is InChI=1S/C17H20N2O2/c18-10-16-7-2-1-6-15(16)9-17(21)19-11-13-4-3-5-14(8-13)12-20/h1-8,20H,9-12,18H2,(H,19,21). The van der Waals surface area contributed by atoms with E-state index in [2.05, 4.69) is 5.32 Å². The first-order valence-corrected chi connectivity index (χ1v) is 6.95. The van der Waals surface area contributed by atoms with Crippen LogP contribution in [0.2, 0.25) is 0 Å². The minimum Gasteiger partial charge on any atom is -0.392 e. The summed E-state index contributed by atoms with van der Waals surface area (Å²) in [6, 6.07) is 15.2. The molecule has 4 heteroatoms. The molecule has 0 aromatic heterocycles. The van der Waals surface area contributed by atoms with Crippen molar-refractivity contribution in [2.24, 2.45) is 5.73 Å². The minimum absolute atomic E-state index is 0.00562. The smallest absolute Gasteiger partial charge is 0.224 e. The quantitative estimate of drug-likeness (QED) is 0.752. The van der Waals surface area contributed by atoms with Gasteiger partial charge in [-0.3, -0.25) is 4.79 Å². The van der Waals surface area contributed by atoms with E-state index in [-0.39, 0.29) is 12.5 Å². The average Bonchev–Trinajstić information content (AvgIpc) is 2.53. The molecule has 0 heterocycles. The summed E-state index contributed by atoms with van der Waals surface area (Å²) in [6.07, 6.45) is 0.326. The molecular formula is C17H20N2O2. The molecule has 0 bridgehead atoms. The molecule has 0 spiro atoms. The summed E-state index contributed by atoms with van der Waals surface area (Å²) in [5.41, 5.74) is 9.44. The van der Waals surface area contributed by atoms with Gasteiger partial charge in [0.05, 0.1) is 13.0 Å². The fourth-order valence-corrected chi connectivity index (χ4v) is 2.20. The second-order valence-corrected chi connectivity index (χ2v) is 4.90. The van der Waals surface area contributed by atoms with Crippen LogP contribution in [0.15, 0.2) is 48.5 Å². The van der Waals surface area contributed by atoms with Crippen LogP contribution in [0.5, 0.6) is 0 Å². The zero-order valence-corrected chi connectivity index (χ0v) is 11.9. The number of nitrogens with two attached hydrogens (primary N) is 1. The summed E-state index contributed by atoms with van der Waals surface area (Å²) < 4.78 is 0. The summed E-state index contributed by atoms with van der Waals surface area (Å²) in [7, 11) is 0. The molecule has 0 aliphatic rings. The molecule has 21 heavy (non-hydrogen) atoms. The van der Waals surface area contributed by atoms with E-state index < -0.39 is 0 Å². The van der Waals surface area contributed by atoms with E-state index in [0.717, 1.165) is 22.3 Å². The number of aliphatic hydroxyl groups is 1. The molecule has 2 aromatic rings. The van der Waals surface area contributed by atoms with E-state index in [1.54, 1.807) is 0 Å². The Hall–Kier alpha value is -2.17. The number of nitrogens with one attached hydrogen (secondary N) is 1. The van der Waals surface area contributed by atoms with Crippen LogP contribution in [0, 0.1) is 0 Å². The third-order valence-corrected chi connectivity index (χ3v) is 3.35. The lowest BCUT2D eigenvalue weighted by Crippen LogP contribution is -2.25. The van der Waals surface area contributed by atoms with E-state index in [0.29, 0.717) is 19.5 Å². The molecule has 2 rings (SSSR count). The zero-order valence-electron chi connectivity index (χ0n) is 11.9. The molecule has 0 saturated heterocycles. The van der Waals surface area contributed by atoms with Crippen LogP contribution in [0.25, 0.3) is 0 Å². The first kappa shape index (κ1) is 15.2. The average molecular weight is 284 g/mol. The van der Waals surface area contributed by atoms with Gasteiger partial charge in [-0.15, -0.1) is 0 Å². The van der Waals surface area contributed by atoms with Gasteiger partial charge >= 0.3 is 0 Å². The number of benzene rings is 2. The zero-order chi connectivity index (χ0) is 15.1. The Balaban J connectivity index is 1.92. The van der Waals surface area contributed by atoms with E-state index in [9.17, 15) is 4.79 Å². The van der Waals surface area contributed by atoms with Crippen LogP contribution < -0.4 is 11.1 Å². The Morgan fingerprint density at radius 1 is 1.05 bits per heavy atom. The van der Waals surface area contributed by atoms with Gasteiger partial charge in [0.15, 0.2) is 0 Å². The van der Waals surface area contributed by atoms with Crippen molar-refractivity contribution >= 4 is 5.91 Å². The van der Waals surface area contributed by atoms with Crippen molar-refractivity contribution in [1.82, 2.24) is 5.32 Å². The highest BCUT2D eigenvalue weighted by molar-refractivity contribution is 5.78. The Bertz CT molecular complexity index is 611. The van der Waals surface area contributed by atoms with Crippen LogP contribution >= 0.6 is 0 Å². The maximum atomic E-state index is 12.0. The number of hydrogen-bond acceptors (Lipinski definition) is 3. The van der Waals surface area contributed by atoms with Crippen LogP contribution in [-0.4, -0.2) is 11.0 Å². The Kier molecular flexibility index (Phi) is 5.49. The first-order valence-electron chi connectivity index (χ1n) is 6.95. The highest BCUT2D eigenvalue weighted by atomic mass is 16.3. The van der Waals surface area contributed by atoms with Gasteiger partial charge in [0, 0.05) is 13.1 Å². The highest BCUT2D eigenvalue weighted by Gasteiger charge is 2.06. The predicted molar refractivity (Wildman–Crippen MR) is 82.2 cm³/mol. The summed E-state index contributed by atoms with van der Waals surface area (Å²) in [5.74, 6) is -0.0368. The monoisotopic (exact) mass is 284 g/mol. The van der Waals surface area contributed by atoms with Gasteiger partial charge in [0.1, 0.15) is 0 Å².